The van der Waals surface area contributed by atoms with Crippen LogP contribution in [0.3, 0.4) is 0 Å². The smallest absolute Gasteiger partial charge is 0.257 e. The molecule has 8 heteroatoms. The van der Waals surface area contributed by atoms with Crippen LogP contribution in [0.2, 0.25) is 0 Å². The number of halogens is 1. The first-order valence-electron chi connectivity index (χ1n) is 9.59. The van der Waals surface area contributed by atoms with Gasteiger partial charge in [-0.2, -0.15) is 12.6 Å². The molecule has 4 rings (SSSR count). The summed E-state index contributed by atoms with van der Waals surface area (Å²) < 4.78 is 15.7. The second kappa shape index (κ2) is 7.30. The molecule has 156 valence electrons. The van der Waals surface area contributed by atoms with Crippen molar-refractivity contribution in [2.75, 3.05) is 0 Å². The van der Waals surface area contributed by atoms with Crippen LogP contribution in [0.4, 0.5) is 4.39 Å². The number of nitrogens with zero attached hydrogens (tertiary/aromatic N) is 2. The van der Waals surface area contributed by atoms with Crippen molar-refractivity contribution in [2.45, 2.75) is 44.8 Å². The number of aromatic nitrogens is 2. The minimum atomic E-state index is -1.90. The molecular weight excluding hydrogens is 407 g/mol. The van der Waals surface area contributed by atoms with E-state index < -0.39 is 17.8 Å². The van der Waals surface area contributed by atoms with Gasteiger partial charge in [0, 0.05) is 33.9 Å². The second-order valence-corrected chi connectivity index (χ2v) is 7.88. The summed E-state index contributed by atoms with van der Waals surface area (Å²) in [6.07, 6.45) is 0.412. The van der Waals surface area contributed by atoms with Crippen molar-refractivity contribution in [3.8, 4) is 11.4 Å². The lowest BCUT2D eigenvalue weighted by molar-refractivity contribution is -0.125. The summed E-state index contributed by atoms with van der Waals surface area (Å²) in [7, 11) is 0. The molecule has 1 aliphatic heterocycles. The molecule has 0 radical (unpaired) electrons. The Kier molecular flexibility index (Phi) is 5.04. The van der Waals surface area contributed by atoms with E-state index in [0.717, 1.165) is 16.5 Å². The number of carbonyl (C=O) groups excluding carboxylic acids is 1. The molecule has 0 saturated carbocycles. The maximum Gasteiger partial charge on any atom is 0.257 e. The van der Waals surface area contributed by atoms with Crippen molar-refractivity contribution in [3.63, 3.8) is 0 Å². The number of aliphatic hydroxyl groups excluding tert-OH is 1. The van der Waals surface area contributed by atoms with Crippen molar-refractivity contribution < 1.29 is 19.4 Å². The predicted molar refractivity (Wildman–Crippen MR) is 114 cm³/mol. The quantitative estimate of drug-likeness (QED) is 0.336. The van der Waals surface area contributed by atoms with Crippen LogP contribution in [0, 0.1) is 12.7 Å². The largest absolute Gasteiger partial charge is 0.391 e. The average molecular weight is 428 g/mol. The zero-order valence-electron chi connectivity index (χ0n) is 16.6. The van der Waals surface area contributed by atoms with E-state index in [0.29, 0.717) is 34.5 Å². The number of aliphatic hydroxyl groups is 2. The molecule has 2 N–H and O–H groups in total. The van der Waals surface area contributed by atoms with Crippen molar-refractivity contribution in [3.05, 3.63) is 62.2 Å². The molecule has 0 saturated heterocycles. The highest BCUT2D eigenvalue weighted by molar-refractivity contribution is 7.79. The fourth-order valence-corrected chi connectivity index (χ4v) is 4.50. The topological polar surface area (TPSA) is 92.4 Å². The van der Waals surface area contributed by atoms with Crippen molar-refractivity contribution in [1.29, 1.82) is 0 Å². The first-order chi connectivity index (χ1) is 14.3. The van der Waals surface area contributed by atoms with E-state index in [2.05, 4.69) is 17.6 Å². The van der Waals surface area contributed by atoms with Gasteiger partial charge in [0.25, 0.3) is 5.56 Å². The fraction of sp³-hybridized carbons (Fsp3) is 0.318. The van der Waals surface area contributed by atoms with Crippen molar-refractivity contribution in [1.82, 2.24) is 9.55 Å². The van der Waals surface area contributed by atoms with Crippen LogP contribution in [-0.4, -0.2) is 26.1 Å². The number of hydrogen-bond acceptors (Lipinski definition) is 6. The number of pyridine rings is 2. The highest BCUT2D eigenvalue weighted by Gasteiger charge is 2.35. The summed E-state index contributed by atoms with van der Waals surface area (Å²) in [5.74, 6) is -0.0182. The molecule has 1 aliphatic rings. The summed E-state index contributed by atoms with van der Waals surface area (Å²) in [5.41, 5.74) is 1.11. The van der Waals surface area contributed by atoms with Gasteiger partial charge in [-0.3, -0.25) is 9.59 Å². The summed E-state index contributed by atoms with van der Waals surface area (Å²) >= 11 is 4.45. The van der Waals surface area contributed by atoms with E-state index in [1.165, 1.54) is 16.7 Å². The zero-order valence-corrected chi connectivity index (χ0v) is 17.5. The van der Waals surface area contributed by atoms with Crippen LogP contribution in [0.15, 0.2) is 23.0 Å². The first-order valence-corrected chi connectivity index (χ1v) is 10.2. The Bertz CT molecular complexity index is 1270. The van der Waals surface area contributed by atoms with E-state index in [-0.39, 0.29) is 29.9 Å². The summed E-state index contributed by atoms with van der Waals surface area (Å²) in [6, 6.07) is 4.61. The van der Waals surface area contributed by atoms with Gasteiger partial charge in [0.2, 0.25) is 0 Å². The van der Waals surface area contributed by atoms with Crippen LogP contribution in [0.1, 0.15) is 41.2 Å². The third kappa shape index (κ3) is 2.82. The van der Waals surface area contributed by atoms with Crippen LogP contribution in [-0.2, 0) is 29.3 Å². The van der Waals surface area contributed by atoms with Crippen LogP contribution < -0.4 is 5.56 Å². The molecule has 0 bridgehead atoms. The first kappa shape index (κ1) is 20.7. The normalized spacial score (nSPS) is 14.5. The van der Waals surface area contributed by atoms with E-state index >= 15 is 0 Å². The Morgan fingerprint density at radius 2 is 2.07 bits per heavy atom. The number of rotatable bonds is 5. The molecule has 2 aromatic heterocycles. The zero-order chi connectivity index (χ0) is 21.8. The highest BCUT2D eigenvalue weighted by Crippen LogP contribution is 2.38. The molecule has 0 amide bonds. The lowest BCUT2D eigenvalue weighted by Crippen LogP contribution is -2.34. The average Bonchev–Trinajstić information content (AvgIpc) is 3.11. The number of carbonyl (C=O) groups is 1. The van der Waals surface area contributed by atoms with Gasteiger partial charge in [-0.15, -0.1) is 0 Å². The van der Waals surface area contributed by atoms with Gasteiger partial charge in [-0.05, 0) is 36.6 Å². The molecule has 3 heterocycles. The predicted octanol–water partition coefficient (Wildman–Crippen LogP) is 2.59. The van der Waals surface area contributed by atoms with Gasteiger partial charge >= 0.3 is 0 Å². The third-order valence-corrected chi connectivity index (χ3v) is 6.28. The minimum absolute atomic E-state index is 0.0260. The van der Waals surface area contributed by atoms with Crippen LogP contribution in [0.5, 0.6) is 0 Å². The number of aldehydes is 1. The maximum atomic E-state index is 14.2. The van der Waals surface area contributed by atoms with Crippen molar-refractivity contribution >= 4 is 29.8 Å². The molecule has 3 aromatic rings. The second-order valence-electron chi connectivity index (χ2n) is 7.56. The number of aryl methyl sites for hydroxylation is 1. The minimum Gasteiger partial charge on any atom is -0.391 e. The number of hydrogen-bond donors (Lipinski definition) is 3. The van der Waals surface area contributed by atoms with Gasteiger partial charge in [-0.1, -0.05) is 6.92 Å². The summed E-state index contributed by atoms with van der Waals surface area (Å²) in [4.78, 5) is 29.4. The molecule has 1 unspecified atom stereocenters. The van der Waals surface area contributed by atoms with Gasteiger partial charge in [0.15, 0.2) is 6.29 Å². The number of thiol groups is 1. The fourth-order valence-electron chi connectivity index (χ4n) is 4.14. The Labute approximate surface area is 177 Å². The maximum absolute atomic E-state index is 14.2. The Hall–Kier alpha value is -2.55. The molecule has 0 aliphatic carbocycles. The van der Waals surface area contributed by atoms with Gasteiger partial charge in [0.05, 0.1) is 30.1 Å². The lowest BCUT2D eigenvalue weighted by Gasteiger charge is -2.23. The highest BCUT2D eigenvalue weighted by atomic mass is 32.1. The number of fused-ring (bicyclic) bond motifs is 4. The molecule has 30 heavy (non-hydrogen) atoms. The Balaban J connectivity index is 2.09. The molecule has 0 fully saturated rings. The molecular formula is C22H21FN2O4S. The SMILES string of the molecule is CCC(O)(C=O)c1cc2n(c(=O)c1CO)Cc1c-2nc2cc(F)c(C)cc2c1CS. The molecule has 1 aromatic carbocycles. The van der Waals surface area contributed by atoms with Gasteiger partial charge < -0.3 is 14.8 Å². The van der Waals surface area contributed by atoms with E-state index in [9.17, 15) is 24.2 Å². The van der Waals surface area contributed by atoms with Crippen LogP contribution >= 0.6 is 12.6 Å². The molecule has 1 atom stereocenters. The Morgan fingerprint density at radius 1 is 1.33 bits per heavy atom. The van der Waals surface area contributed by atoms with Gasteiger partial charge in [-0.25, -0.2) is 9.37 Å². The monoisotopic (exact) mass is 428 g/mol. The van der Waals surface area contributed by atoms with E-state index in [4.69, 9.17) is 0 Å². The van der Waals surface area contributed by atoms with E-state index in [1.54, 1.807) is 19.9 Å². The summed E-state index contributed by atoms with van der Waals surface area (Å²) in [5, 5.41) is 21.3. The lowest BCUT2D eigenvalue weighted by atomic mass is 9.89. The summed E-state index contributed by atoms with van der Waals surface area (Å²) in [6.45, 7) is 2.90. The van der Waals surface area contributed by atoms with E-state index in [1.807, 2.05) is 0 Å². The third-order valence-electron chi connectivity index (χ3n) is 5.96. The van der Waals surface area contributed by atoms with Gasteiger partial charge in [0.1, 0.15) is 11.4 Å². The van der Waals surface area contributed by atoms with Crippen molar-refractivity contribution in [2.24, 2.45) is 0 Å². The number of benzene rings is 1. The molecule has 6 nitrogen and oxygen atoms in total. The Morgan fingerprint density at radius 3 is 2.67 bits per heavy atom. The standard InChI is InChI=1S/C22H21FN2O4S/c1-3-22(29,10-27)16-5-19-20-13(7-25(19)21(28)14(16)8-26)15(9-30)12-4-11(2)17(23)6-18(12)24-20/h4-6,10,26,29-30H,3,7-9H2,1-2H3. The molecule has 0 spiro atoms. The van der Waals surface area contributed by atoms with Crippen LogP contribution in [0.25, 0.3) is 22.3 Å².